The highest BCUT2D eigenvalue weighted by molar-refractivity contribution is 5.83. The Balaban J connectivity index is 3.81. The van der Waals surface area contributed by atoms with Crippen LogP contribution in [-0.4, -0.2) is 54.7 Å². The number of hydrogen-bond donors (Lipinski definition) is 3. The lowest BCUT2D eigenvalue weighted by Gasteiger charge is -2.16. The second-order valence-corrected chi connectivity index (χ2v) is 2.90. The van der Waals surface area contributed by atoms with Crippen molar-refractivity contribution < 1.29 is 24.3 Å². The number of hydrogen-bond acceptors (Lipinski definition) is 4. The van der Waals surface area contributed by atoms with Crippen molar-refractivity contribution in [2.45, 2.75) is 6.92 Å². The standard InChI is InChI=1S/C8H15N3O5/c1-3-9-6(12)4-11(2)8(15)10-16-5-7(13)14/h3-5H2,1-2H3,(H,9,12)(H,10,15)(H,13,14). The number of nitrogens with zero attached hydrogens (tertiary/aromatic N) is 1. The highest BCUT2D eigenvalue weighted by Gasteiger charge is 2.12. The van der Waals surface area contributed by atoms with Crippen LogP contribution in [0.3, 0.4) is 0 Å². The predicted octanol–water partition coefficient (Wildman–Crippen LogP) is -1.22. The topological polar surface area (TPSA) is 108 Å². The minimum Gasteiger partial charge on any atom is -0.479 e. The Morgan fingerprint density at radius 1 is 1.38 bits per heavy atom. The van der Waals surface area contributed by atoms with Gasteiger partial charge in [0, 0.05) is 13.6 Å². The molecule has 0 radical (unpaired) electrons. The maximum absolute atomic E-state index is 11.2. The van der Waals surface area contributed by atoms with Crippen molar-refractivity contribution in [1.29, 1.82) is 0 Å². The molecule has 8 nitrogen and oxygen atoms in total. The second kappa shape index (κ2) is 7.46. The summed E-state index contributed by atoms with van der Waals surface area (Å²) >= 11 is 0. The first-order valence-electron chi connectivity index (χ1n) is 4.58. The summed E-state index contributed by atoms with van der Waals surface area (Å²) in [6, 6.07) is -0.687. The van der Waals surface area contributed by atoms with E-state index in [-0.39, 0.29) is 12.5 Å². The number of carbonyl (C=O) groups is 3. The fraction of sp³-hybridized carbons (Fsp3) is 0.625. The Hall–Kier alpha value is -1.83. The Kier molecular flexibility index (Phi) is 6.61. The predicted molar refractivity (Wildman–Crippen MR) is 53.4 cm³/mol. The van der Waals surface area contributed by atoms with Crippen molar-refractivity contribution in [3.05, 3.63) is 0 Å². The summed E-state index contributed by atoms with van der Waals surface area (Å²) in [4.78, 5) is 37.7. The van der Waals surface area contributed by atoms with Crippen LogP contribution in [0, 0.1) is 0 Å². The molecule has 0 saturated carbocycles. The number of nitrogens with one attached hydrogen (secondary N) is 2. The van der Waals surface area contributed by atoms with Crippen molar-refractivity contribution in [2.75, 3.05) is 26.7 Å². The number of likely N-dealkylation sites (N-methyl/N-ethyl adjacent to an activating group) is 2. The number of amides is 3. The molecule has 0 unspecified atom stereocenters. The van der Waals surface area contributed by atoms with Crippen molar-refractivity contribution in [3.63, 3.8) is 0 Å². The average molecular weight is 233 g/mol. The van der Waals surface area contributed by atoms with Crippen LogP contribution in [0.1, 0.15) is 6.92 Å². The highest BCUT2D eigenvalue weighted by Crippen LogP contribution is 1.84. The molecule has 92 valence electrons. The van der Waals surface area contributed by atoms with Gasteiger partial charge in [-0.15, -0.1) is 0 Å². The molecule has 0 aliphatic heterocycles. The Morgan fingerprint density at radius 2 is 2.00 bits per heavy atom. The van der Waals surface area contributed by atoms with Crippen molar-refractivity contribution in [3.8, 4) is 0 Å². The van der Waals surface area contributed by atoms with Crippen LogP contribution in [0.15, 0.2) is 0 Å². The number of carbonyl (C=O) groups excluding carboxylic acids is 2. The van der Waals surface area contributed by atoms with E-state index in [4.69, 9.17) is 5.11 Å². The number of hydroxylamine groups is 1. The monoisotopic (exact) mass is 233 g/mol. The van der Waals surface area contributed by atoms with E-state index in [0.717, 1.165) is 4.90 Å². The summed E-state index contributed by atoms with van der Waals surface area (Å²) in [5.74, 6) is -1.51. The summed E-state index contributed by atoms with van der Waals surface area (Å²) in [6.07, 6.45) is 0. The number of carboxylic acid groups (broad SMARTS) is 1. The molecule has 8 heteroatoms. The van der Waals surface area contributed by atoms with E-state index in [2.05, 4.69) is 10.2 Å². The van der Waals surface area contributed by atoms with E-state index in [1.807, 2.05) is 5.48 Å². The second-order valence-electron chi connectivity index (χ2n) is 2.90. The van der Waals surface area contributed by atoms with Gasteiger partial charge in [-0.3, -0.25) is 9.63 Å². The lowest BCUT2D eigenvalue weighted by Crippen LogP contribution is -2.43. The SMILES string of the molecule is CCNC(=O)CN(C)C(=O)NOCC(=O)O. The summed E-state index contributed by atoms with van der Waals surface area (Å²) in [7, 11) is 1.38. The molecule has 0 atom stereocenters. The van der Waals surface area contributed by atoms with Crippen LogP contribution < -0.4 is 10.8 Å². The van der Waals surface area contributed by atoms with Gasteiger partial charge in [-0.05, 0) is 6.92 Å². The van der Waals surface area contributed by atoms with Gasteiger partial charge in [0.2, 0.25) is 5.91 Å². The molecule has 0 fully saturated rings. The zero-order valence-electron chi connectivity index (χ0n) is 9.15. The lowest BCUT2D eigenvalue weighted by atomic mass is 10.5. The van der Waals surface area contributed by atoms with E-state index in [1.165, 1.54) is 7.05 Å². The number of carboxylic acids is 1. The summed E-state index contributed by atoms with van der Waals surface area (Å²) in [5.41, 5.74) is 1.89. The van der Waals surface area contributed by atoms with E-state index >= 15 is 0 Å². The Labute approximate surface area is 92.5 Å². The summed E-state index contributed by atoms with van der Waals surface area (Å²) < 4.78 is 0. The van der Waals surface area contributed by atoms with Gasteiger partial charge in [0.25, 0.3) is 0 Å². The third-order valence-corrected chi connectivity index (χ3v) is 1.46. The van der Waals surface area contributed by atoms with Crippen LogP contribution in [0.5, 0.6) is 0 Å². The lowest BCUT2D eigenvalue weighted by molar-refractivity contribution is -0.144. The number of aliphatic carboxylic acids is 1. The van der Waals surface area contributed by atoms with E-state index < -0.39 is 18.6 Å². The first-order valence-corrected chi connectivity index (χ1v) is 4.58. The summed E-state index contributed by atoms with van der Waals surface area (Å²) in [6.45, 7) is 1.47. The first kappa shape index (κ1) is 14.2. The van der Waals surface area contributed by atoms with Crippen LogP contribution in [0.4, 0.5) is 4.79 Å². The largest absolute Gasteiger partial charge is 0.479 e. The molecule has 3 amide bonds. The zero-order chi connectivity index (χ0) is 12.6. The minimum atomic E-state index is -1.20. The maximum Gasteiger partial charge on any atom is 0.341 e. The average Bonchev–Trinajstić information content (AvgIpc) is 2.17. The normalized spacial score (nSPS) is 9.38. The fourth-order valence-electron chi connectivity index (χ4n) is 0.778. The minimum absolute atomic E-state index is 0.129. The van der Waals surface area contributed by atoms with Crippen LogP contribution in [0.2, 0.25) is 0 Å². The van der Waals surface area contributed by atoms with Crippen molar-refractivity contribution >= 4 is 17.9 Å². The molecule has 0 aromatic heterocycles. The van der Waals surface area contributed by atoms with Crippen molar-refractivity contribution in [1.82, 2.24) is 15.7 Å². The molecule has 0 bridgehead atoms. The molecule has 0 aromatic carbocycles. The van der Waals surface area contributed by atoms with E-state index in [1.54, 1.807) is 6.92 Å². The van der Waals surface area contributed by atoms with Gasteiger partial charge in [-0.2, -0.15) is 0 Å². The highest BCUT2D eigenvalue weighted by atomic mass is 16.7. The Morgan fingerprint density at radius 3 is 2.50 bits per heavy atom. The van der Waals surface area contributed by atoms with Gasteiger partial charge in [0.1, 0.15) is 6.54 Å². The molecule has 0 saturated heterocycles. The van der Waals surface area contributed by atoms with E-state index in [9.17, 15) is 14.4 Å². The fourth-order valence-corrected chi connectivity index (χ4v) is 0.778. The van der Waals surface area contributed by atoms with Crippen LogP contribution >= 0.6 is 0 Å². The van der Waals surface area contributed by atoms with Gasteiger partial charge in [0.15, 0.2) is 6.61 Å². The molecular formula is C8H15N3O5. The molecule has 0 aliphatic carbocycles. The number of urea groups is 1. The van der Waals surface area contributed by atoms with E-state index in [0.29, 0.717) is 6.54 Å². The first-order chi connectivity index (χ1) is 7.47. The maximum atomic E-state index is 11.2. The third kappa shape index (κ3) is 6.60. The zero-order valence-corrected chi connectivity index (χ0v) is 9.15. The van der Waals surface area contributed by atoms with Gasteiger partial charge < -0.3 is 15.3 Å². The molecule has 0 spiro atoms. The smallest absolute Gasteiger partial charge is 0.341 e. The molecule has 0 rings (SSSR count). The molecule has 0 aromatic rings. The molecule has 0 heterocycles. The van der Waals surface area contributed by atoms with Gasteiger partial charge in [0.05, 0.1) is 0 Å². The van der Waals surface area contributed by atoms with Crippen LogP contribution in [-0.2, 0) is 14.4 Å². The molecule has 0 aliphatic rings. The van der Waals surface area contributed by atoms with Crippen molar-refractivity contribution in [2.24, 2.45) is 0 Å². The Bertz CT molecular complexity index is 268. The van der Waals surface area contributed by atoms with Gasteiger partial charge in [-0.25, -0.2) is 15.1 Å². The van der Waals surface area contributed by atoms with Gasteiger partial charge in [-0.1, -0.05) is 0 Å². The molecule has 3 N–H and O–H groups in total. The quantitative estimate of drug-likeness (QED) is 0.498. The third-order valence-electron chi connectivity index (χ3n) is 1.46. The van der Waals surface area contributed by atoms with Crippen LogP contribution in [0.25, 0.3) is 0 Å². The van der Waals surface area contributed by atoms with Gasteiger partial charge >= 0.3 is 12.0 Å². The summed E-state index contributed by atoms with van der Waals surface area (Å²) in [5, 5.41) is 10.7. The molecule has 16 heavy (non-hydrogen) atoms. The molecular weight excluding hydrogens is 218 g/mol. The number of rotatable bonds is 6.